The number of phenols is 1. The molecule has 0 atom stereocenters. The molecule has 7 nitrogen and oxygen atoms in total. The summed E-state index contributed by atoms with van der Waals surface area (Å²) in [5.74, 6) is 0.228. The van der Waals surface area contributed by atoms with Gasteiger partial charge in [0.25, 0.3) is 0 Å². The van der Waals surface area contributed by atoms with Crippen LogP contribution in [0, 0.1) is 0 Å². The van der Waals surface area contributed by atoms with Gasteiger partial charge in [-0.25, -0.2) is 4.79 Å². The predicted molar refractivity (Wildman–Crippen MR) is 125 cm³/mol. The highest BCUT2D eigenvalue weighted by Gasteiger charge is 2.28. The molecule has 2 aromatic carbocycles. The van der Waals surface area contributed by atoms with Gasteiger partial charge in [0.2, 0.25) is 0 Å². The van der Waals surface area contributed by atoms with Gasteiger partial charge in [-0.3, -0.25) is 9.58 Å². The third-order valence-corrected chi connectivity index (χ3v) is 6.01. The first kappa shape index (κ1) is 22.9. The molecule has 33 heavy (non-hydrogen) atoms. The van der Waals surface area contributed by atoms with Crippen LogP contribution in [0.1, 0.15) is 46.2 Å². The molecule has 1 aliphatic rings. The van der Waals surface area contributed by atoms with Gasteiger partial charge in [-0.1, -0.05) is 36.4 Å². The molecule has 0 amide bonds. The van der Waals surface area contributed by atoms with Gasteiger partial charge in [-0.15, -0.1) is 0 Å². The van der Waals surface area contributed by atoms with E-state index in [-0.39, 0.29) is 11.7 Å². The Bertz CT molecular complexity index is 1090. The SMILES string of the molecule is CCOC(=O)c1nn(CCCc2ccccc2)c2c1CN(Cc1ccc(OC)c(O)c1)CC2. The molecule has 1 N–H and O–H groups in total. The van der Waals surface area contributed by atoms with Crippen LogP contribution in [0.2, 0.25) is 0 Å². The Morgan fingerprint density at radius 3 is 2.70 bits per heavy atom. The molecule has 0 saturated heterocycles. The van der Waals surface area contributed by atoms with E-state index >= 15 is 0 Å². The van der Waals surface area contributed by atoms with E-state index in [0.717, 1.165) is 49.2 Å². The van der Waals surface area contributed by atoms with E-state index in [1.54, 1.807) is 12.1 Å². The Hall–Kier alpha value is -3.32. The molecule has 0 bridgehead atoms. The normalized spacial score (nSPS) is 13.5. The Kier molecular flexibility index (Phi) is 7.29. The van der Waals surface area contributed by atoms with Gasteiger partial charge in [0.05, 0.1) is 13.7 Å². The lowest BCUT2D eigenvalue weighted by atomic mass is 10.0. The zero-order chi connectivity index (χ0) is 23.2. The van der Waals surface area contributed by atoms with Crippen molar-refractivity contribution in [1.82, 2.24) is 14.7 Å². The van der Waals surface area contributed by atoms with Crippen molar-refractivity contribution in [3.63, 3.8) is 0 Å². The van der Waals surface area contributed by atoms with Gasteiger partial charge < -0.3 is 14.6 Å². The number of methoxy groups -OCH3 is 1. The number of aromatic nitrogens is 2. The number of hydrogen-bond donors (Lipinski definition) is 1. The van der Waals surface area contributed by atoms with E-state index in [4.69, 9.17) is 9.47 Å². The molecule has 7 heteroatoms. The number of aromatic hydroxyl groups is 1. The standard InChI is InChI=1S/C26H31N3O4/c1-3-33-26(31)25-21-18-28(17-20-11-12-24(32-2)23(30)16-20)15-13-22(21)29(27-25)14-7-10-19-8-5-4-6-9-19/h4-6,8-9,11-12,16,30H,3,7,10,13-15,17-18H2,1-2H3. The fraction of sp³-hybridized carbons (Fsp3) is 0.385. The topological polar surface area (TPSA) is 76.8 Å². The number of fused-ring (bicyclic) bond motifs is 1. The number of carbonyl (C=O) groups is 1. The molecule has 0 unspecified atom stereocenters. The van der Waals surface area contributed by atoms with Crippen LogP contribution in [0.5, 0.6) is 11.5 Å². The van der Waals surface area contributed by atoms with E-state index in [1.165, 1.54) is 12.7 Å². The summed E-state index contributed by atoms with van der Waals surface area (Å²) in [4.78, 5) is 14.9. The molecule has 1 aliphatic heterocycles. The summed E-state index contributed by atoms with van der Waals surface area (Å²) in [6, 6.07) is 15.9. The lowest BCUT2D eigenvalue weighted by molar-refractivity contribution is 0.0515. The van der Waals surface area contributed by atoms with Crippen molar-refractivity contribution in [2.75, 3.05) is 20.3 Å². The van der Waals surface area contributed by atoms with Crippen molar-refractivity contribution in [2.24, 2.45) is 0 Å². The van der Waals surface area contributed by atoms with Gasteiger partial charge in [0.15, 0.2) is 17.2 Å². The van der Waals surface area contributed by atoms with Crippen LogP contribution in [0.4, 0.5) is 0 Å². The van der Waals surface area contributed by atoms with Crippen molar-refractivity contribution in [3.8, 4) is 11.5 Å². The monoisotopic (exact) mass is 449 g/mol. The summed E-state index contributed by atoms with van der Waals surface area (Å²) >= 11 is 0. The van der Waals surface area contributed by atoms with Gasteiger partial charge in [-0.05, 0) is 43.0 Å². The van der Waals surface area contributed by atoms with Crippen molar-refractivity contribution in [3.05, 3.63) is 76.6 Å². The number of carbonyl (C=O) groups excluding carboxylic acids is 1. The number of benzene rings is 2. The molecule has 174 valence electrons. The van der Waals surface area contributed by atoms with Crippen molar-refractivity contribution < 1.29 is 19.4 Å². The minimum Gasteiger partial charge on any atom is -0.504 e. The molecule has 1 aromatic heterocycles. The minimum absolute atomic E-state index is 0.131. The molecule has 2 heterocycles. The number of phenolic OH excluding ortho intramolecular Hbond substituents is 1. The van der Waals surface area contributed by atoms with Crippen molar-refractivity contribution >= 4 is 5.97 Å². The molecule has 3 aromatic rings. The van der Waals surface area contributed by atoms with E-state index < -0.39 is 0 Å². The molecular formula is C26H31N3O4. The third-order valence-electron chi connectivity index (χ3n) is 6.01. The molecule has 0 saturated carbocycles. The summed E-state index contributed by atoms with van der Waals surface area (Å²) in [5, 5.41) is 14.8. The fourth-order valence-corrected chi connectivity index (χ4v) is 4.40. The summed E-state index contributed by atoms with van der Waals surface area (Å²) in [5.41, 5.74) is 4.80. The van der Waals surface area contributed by atoms with Crippen LogP contribution < -0.4 is 4.74 Å². The van der Waals surface area contributed by atoms with Gasteiger partial charge in [0, 0.05) is 43.9 Å². The predicted octanol–water partition coefficient (Wildman–Crippen LogP) is 3.97. The van der Waals surface area contributed by atoms with Gasteiger partial charge in [0.1, 0.15) is 0 Å². The second-order valence-corrected chi connectivity index (χ2v) is 8.27. The second-order valence-electron chi connectivity index (χ2n) is 8.27. The van der Waals surface area contributed by atoms with E-state index in [1.807, 2.05) is 23.7 Å². The van der Waals surface area contributed by atoms with Crippen molar-refractivity contribution in [2.45, 2.75) is 45.8 Å². The average molecular weight is 450 g/mol. The summed E-state index contributed by atoms with van der Waals surface area (Å²) in [6.45, 7) is 5.04. The highest BCUT2D eigenvalue weighted by Crippen LogP contribution is 2.29. The van der Waals surface area contributed by atoms with Crippen molar-refractivity contribution in [1.29, 1.82) is 0 Å². The number of ether oxygens (including phenoxy) is 2. The second kappa shape index (κ2) is 10.5. The van der Waals surface area contributed by atoms with Gasteiger partial charge >= 0.3 is 5.97 Å². The summed E-state index contributed by atoms with van der Waals surface area (Å²) < 4.78 is 12.4. The third kappa shape index (κ3) is 5.37. The number of esters is 1. The maximum Gasteiger partial charge on any atom is 0.359 e. The summed E-state index contributed by atoms with van der Waals surface area (Å²) in [6.07, 6.45) is 2.74. The minimum atomic E-state index is -0.362. The maximum atomic E-state index is 12.6. The highest BCUT2D eigenvalue weighted by atomic mass is 16.5. The number of nitrogens with zero attached hydrogens (tertiary/aromatic N) is 3. The smallest absolute Gasteiger partial charge is 0.359 e. The van der Waals surface area contributed by atoms with Crippen LogP contribution in [0.25, 0.3) is 0 Å². The lowest BCUT2D eigenvalue weighted by Crippen LogP contribution is -2.31. The zero-order valence-electron chi connectivity index (χ0n) is 19.3. The number of rotatable bonds is 9. The van der Waals surface area contributed by atoms with E-state index in [2.05, 4.69) is 34.3 Å². The summed E-state index contributed by atoms with van der Waals surface area (Å²) in [7, 11) is 1.54. The Labute approximate surface area is 194 Å². The Balaban J connectivity index is 1.50. The molecule has 0 fully saturated rings. The van der Waals surface area contributed by atoms with Crippen LogP contribution >= 0.6 is 0 Å². The zero-order valence-corrected chi connectivity index (χ0v) is 19.3. The Morgan fingerprint density at radius 2 is 1.97 bits per heavy atom. The van der Waals surface area contributed by atoms with Crippen LogP contribution in [-0.2, 0) is 37.2 Å². The molecule has 0 radical (unpaired) electrons. The first-order valence-electron chi connectivity index (χ1n) is 11.5. The highest BCUT2D eigenvalue weighted by molar-refractivity contribution is 5.89. The molecular weight excluding hydrogens is 418 g/mol. The fourth-order valence-electron chi connectivity index (χ4n) is 4.40. The van der Waals surface area contributed by atoms with Crippen LogP contribution in [0.3, 0.4) is 0 Å². The molecule has 4 rings (SSSR count). The number of aryl methyl sites for hydroxylation is 2. The van der Waals surface area contributed by atoms with E-state index in [0.29, 0.717) is 31.1 Å². The maximum absolute atomic E-state index is 12.6. The van der Waals surface area contributed by atoms with E-state index in [9.17, 15) is 9.90 Å². The number of hydrogen-bond acceptors (Lipinski definition) is 6. The lowest BCUT2D eigenvalue weighted by Gasteiger charge is -2.28. The molecule has 0 spiro atoms. The van der Waals surface area contributed by atoms with Gasteiger partial charge in [-0.2, -0.15) is 5.10 Å². The first-order chi connectivity index (χ1) is 16.1. The quantitative estimate of drug-likeness (QED) is 0.498. The van der Waals surface area contributed by atoms with Crippen LogP contribution in [0.15, 0.2) is 48.5 Å². The van der Waals surface area contributed by atoms with Crippen LogP contribution in [-0.4, -0.2) is 46.0 Å². The average Bonchev–Trinajstić information content (AvgIpc) is 3.18. The molecule has 0 aliphatic carbocycles. The first-order valence-corrected chi connectivity index (χ1v) is 11.5. The Morgan fingerprint density at radius 1 is 1.15 bits per heavy atom. The largest absolute Gasteiger partial charge is 0.504 e.